The Bertz CT molecular complexity index is 480. The number of hydrogen-bond acceptors (Lipinski definition) is 1. The van der Waals surface area contributed by atoms with Crippen molar-refractivity contribution in [2.45, 2.75) is 32.8 Å². The van der Waals surface area contributed by atoms with Crippen LogP contribution in [0, 0.1) is 31.3 Å². The van der Waals surface area contributed by atoms with E-state index in [1.165, 1.54) is 5.57 Å². The van der Waals surface area contributed by atoms with E-state index < -0.39 is 0 Å². The molecule has 2 rings (SSSR count). The fourth-order valence-electron chi connectivity index (χ4n) is 2.54. The van der Waals surface area contributed by atoms with Crippen LogP contribution in [0.25, 0.3) is 0 Å². The van der Waals surface area contributed by atoms with Crippen LogP contribution in [0.2, 0.25) is 0 Å². The van der Waals surface area contributed by atoms with Crippen LogP contribution in [0.3, 0.4) is 0 Å². The van der Waals surface area contributed by atoms with Crippen LogP contribution in [0.5, 0.6) is 0 Å². The van der Waals surface area contributed by atoms with Gasteiger partial charge in [-0.25, -0.2) is 0 Å². The van der Waals surface area contributed by atoms with Crippen LogP contribution < -0.4 is 0 Å². The van der Waals surface area contributed by atoms with Crippen molar-refractivity contribution in [1.82, 2.24) is 0 Å². The van der Waals surface area contributed by atoms with Gasteiger partial charge >= 0.3 is 0 Å². The van der Waals surface area contributed by atoms with E-state index in [-0.39, 0.29) is 30.1 Å². The molecule has 0 amide bonds. The molecule has 0 spiro atoms. The monoisotopic (exact) mass is 396 g/mol. The summed E-state index contributed by atoms with van der Waals surface area (Å²) in [6, 6.07) is 0. The smallest absolute Gasteiger partial charge is 0.0719 e. The highest BCUT2D eigenvalue weighted by Crippen LogP contribution is 2.33. The summed E-state index contributed by atoms with van der Waals surface area (Å²) in [4.78, 5) is 0. The Kier molecular flexibility index (Phi) is 7.72. The third kappa shape index (κ3) is 4.98. The minimum atomic E-state index is 0. The lowest BCUT2D eigenvalue weighted by atomic mass is 9.84. The Balaban J connectivity index is 0.00000220. The van der Waals surface area contributed by atoms with Crippen LogP contribution in [0.1, 0.15) is 26.7 Å². The maximum Gasteiger partial charge on any atom is 0.0719 e. The zero-order valence-corrected chi connectivity index (χ0v) is 15.2. The summed E-state index contributed by atoms with van der Waals surface area (Å²) in [7, 11) is 0. The summed E-state index contributed by atoms with van der Waals surface area (Å²) in [6.45, 7) is 14.9. The van der Waals surface area contributed by atoms with Gasteiger partial charge < -0.3 is 4.74 Å². The second-order valence-corrected chi connectivity index (χ2v) is 5.79. The maximum atomic E-state index is 5.99. The van der Waals surface area contributed by atoms with Crippen molar-refractivity contribution in [3.8, 4) is 0 Å². The van der Waals surface area contributed by atoms with Crippen LogP contribution in [0.4, 0.5) is 0 Å². The van der Waals surface area contributed by atoms with Crippen LogP contribution >= 0.6 is 24.0 Å². The summed E-state index contributed by atoms with van der Waals surface area (Å²) in [5.41, 5.74) is 5.05. The quantitative estimate of drug-likeness (QED) is 0.368. The lowest BCUT2D eigenvalue weighted by Crippen LogP contribution is -2.25. The highest BCUT2D eigenvalue weighted by atomic mass is 127. The van der Waals surface area contributed by atoms with Crippen molar-refractivity contribution in [2.24, 2.45) is 17.8 Å². The van der Waals surface area contributed by atoms with E-state index in [2.05, 4.69) is 56.9 Å². The van der Waals surface area contributed by atoms with E-state index in [4.69, 9.17) is 11.3 Å². The van der Waals surface area contributed by atoms with E-state index in [0.29, 0.717) is 17.8 Å². The van der Waals surface area contributed by atoms with Crippen molar-refractivity contribution in [2.75, 3.05) is 6.61 Å². The van der Waals surface area contributed by atoms with Gasteiger partial charge in [-0.05, 0) is 37.3 Å². The van der Waals surface area contributed by atoms with Gasteiger partial charge in [0.1, 0.15) is 0 Å². The molecule has 0 N–H and O–H groups in total. The van der Waals surface area contributed by atoms with Gasteiger partial charge in [0.15, 0.2) is 0 Å². The Hall–Kier alpha value is -0.570. The maximum absolute atomic E-state index is 5.99. The molecule has 0 aromatic heterocycles. The first-order valence-electron chi connectivity index (χ1n) is 7.49. The molecule has 0 bridgehead atoms. The fourth-order valence-corrected chi connectivity index (χ4v) is 2.54. The molecule has 0 saturated carbocycles. The standard InChI is InChI=1S/C19H24O.HI/c1-5-14(3)7-9-17-11-18-10-8-15(4)13-20-19(18)12-16(17)6-2;/h2,7-11,14-15,18-19H,3,5,12-13H2,1,4H3;1H/b9-7-;. The van der Waals surface area contributed by atoms with Crippen LogP contribution in [-0.4, -0.2) is 12.7 Å². The first-order chi connectivity index (χ1) is 9.63. The molecule has 21 heavy (non-hydrogen) atoms. The van der Waals surface area contributed by atoms with E-state index in [1.54, 1.807) is 0 Å². The van der Waals surface area contributed by atoms with Gasteiger partial charge in [-0.3, -0.25) is 0 Å². The molecule has 4 unspecified atom stereocenters. The van der Waals surface area contributed by atoms with Crippen molar-refractivity contribution in [1.29, 1.82) is 0 Å². The third-order valence-electron chi connectivity index (χ3n) is 4.04. The molecule has 1 aliphatic carbocycles. The Labute approximate surface area is 146 Å². The van der Waals surface area contributed by atoms with E-state index in [9.17, 15) is 0 Å². The molecule has 0 aromatic rings. The second kappa shape index (κ2) is 8.77. The van der Waals surface area contributed by atoms with Gasteiger partial charge in [-0.2, -0.15) is 0 Å². The summed E-state index contributed by atoms with van der Waals surface area (Å²) < 4.78 is 5.99. The van der Waals surface area contributed by atoms with Crippen molar-refractivity contribution >= 4 is 24.0 Å². The molecule has 1 heterocycles. The van der Waals surface area contributed by atoms with Gasteiger partial charge in [0.05, 0.1) is 12.7 Å². The Morgan fingerprint density at radius 1 is 1.52 bits per heavy atom. The zero-order valence-electron chi connectivity index (χ0n) is 12.9. The first kappa shape index (κ1) is 18.5. The van der Waals surface area contributed by atoms with Gasteiger partial charge in [-0.1, -0.05) is 44.2 Å². The lowest BCUT2D eigenvalue weighted by molar-refractivity contribution is 0.0295. The Morgan fingerprint density at radius 2 is 2.29 bits per heavy atom. The highest BCUT2D eigenvalue weighted by molar-refractivity contribution is 14.0. The molecule has 2 aliphatic rings. The fraction of sp³-hybridized carbons (Fsp3) is 0.474. The van der Waals surface area contributed by atoms with Gasteiger partial charge in [0, 0.05) is 17.9 Å². The van der Waals surface area contributed by atoms with Crippen molar-refractivity contribution < 1.29 is 4.74 Å². The number of hydrogen-bond donors (Lipinski definition) is 0. The molecule has 1 nitrogen and oxygen atoms in total. The molecule has 0 saturated heterocycles. The average molecular weight is 396 g/mol. The molecule has 4 atom stereocenters. The SMILES string of the molecule is I.[CH]=C=C1CC2OCC(C)C=CC2C=C1/C=C\C([CH2])CC. The van der Waals surface area contributed by atoms with E-state index in [0.717, 1.165) is 25.0 Å². The number of halogens is 1. The number of rotatable bonds is 3. The summed E-state index contributed by atoms with van der Waals surface area (Å²) in [5.74, 6) is 1.15. The lowest BCUT2D eigenvalue weighted by Gasteiger charge is -2.28. The predicted octanol–water partition coefficient (Wildman–Crippen LogP) is 5.07. The molecular formula is C19H25IO. The minimum Gasteiger partial charge on any atom is -0.376 e. The Morgan fingerprint density at radius 3 is 2.95 bits per heavy atom. The largest absolute Gasteiger partial charge is 0.376 e. The van der Waals surface area contributed by atoms with Gasteiger partial charge in [0.2, 0.25) is 0 Å². The number of allylic oxidation sites excluding steroid dienone is 3. The van der Waals surface area contributed by atoms with E-state index in [1.807, 2.05) is 0 Å². The molecule has 0 fully saturated rings. The normalized spacial score (nSPS) is 30.0. The predicted molar refractivity (Wildman–Crippen MR) is 99.3 cm³/mol. The molecule has 2 heteroatoms. The molecule has 2 radical (unpaired) electrons. The van der Waals surface area contributed by atoms with Gasteiger partial charge in [0.25, 0.3) is 0 Å². The van der Waals surface area contributed by atoms with Crippen LogP contribution in [-0.2, 0) is 4.74 Å². The van der Waals surface area contributed by atoms with Crippen molar-refractivity contribution in [3.63, 3.8) is 0 Å². The van der Waals surface area contributed by atoms with E-state index >= 15 is 0 Å². The topological polar surface area (TPSA) is 9.23 Å². The molecular weight excluding hydrogens is 371 g/mol. The first-order valence-corrected chi connectivity index (χ1v) is 7.49. The van der Waals surface area contributed by atoms with Gasteiger partial charge in [-0.15, -0.1) is 29.7 Å². The van der Waals surface area contributed by atoms with Crippen LogP contribution in [0.15, 0.2) is 47.3 Å². The minimum absolute atomic E-state index is 0. The average Bonchev–Trinajstić information content (AvgIpc) is 2.65. The summed E-state index contributed by atoms with van der Waals surface area (Å²) >= 11 is 0. The summed E-state index contributed by atoms with van der Waals surface area (Å²) in [6.07, 6.45) is 13.1. The highest BCUT2D eigenvalue weighted by Gasteiger charge is 2.27. The zero-order chi connectivity index (χ0) is 14.5. The second-order valence-electron chi connectivity index (χ2n) is 5.79. The molecule has 1 aliphatic heterocycles. The summed E-state index contributed by atoms with van der Waals surface area (Å²) in [5, 5.41) is 0. The number of fused-ring (bicyclic) bond motifs is 1. The third-order valence-corrected chi connectivity index (χ3v) is 4.04. The molecule has 114 valence electrons. The molecule has 0 aromatic carbocycles. The number of ether oxygens (including phenoxy) is 1. The van der Waals surface area contributed by atoms with Crippen molar-refractivity contribution in [3.05, 3.63) is 60.8 Å².